The van der Waals surface area contributed by atoms with E-state index in [0.717, 1.165) is 23.4 Å². The first-order valence-corrected chi connectivity index (χ1v) is 6.94. The number of carbonyl (C=O) groups excluding carboxylic acids is 1. The minimum absolute atomic E-state index is 0.0348. The highest BCUT2D eigenvalue weighted by atomic mass is 16.5. The van der Waals surface area contributed by atoms with Crippen LogP contribution in [0.25, 0.3) is 0 Å². The van der Waals surface area contributed by atoms with E-state index in [2.05, 4.69) is 15.6 Å². The van der Waals surface area contributed by atoms with Gasteiger partial charge >= 0.3 is 0 Å². The Morgan fingerprint density at radius 3 is 3.05 bits per heavy atom. The summed E-state index contributed by atoms with van der Waals surface area (Å²) in [5.74, 6) is 0.711. The number of rotatable bonds is 3. The number of nitrogens with zero attached hydrogens (tertiary/aromatic N) is 1. The van der Waals surface area contributed by atoms with Crippen LogP contribution in [0, 0.1) is 0 Å². The third-order valence-corrected chi connectivity index (χ3v) is 3.60. The van der Waals surface area contributed by atoms with Gasteiger partial charge in [-0.25, -0.2) is 0 Å². The van der Waals surface area contributed by atoms with Crippen molar-refractivity contribution in [1.82, 2.24) is 10.3 Å². The summed E-state index contributed by atoms with van der Waals surface area (Å²) in [4.78, 5) is 16.5. The Kier molecular flexibility index (Phi) is 3.73. The van der Waals surface area contributed by atoms with Crippen molar-refractivity contribution in [3.8, 4) is 5.75 Å². The number of ether oxygens (including phenoxy) is 1. The molecule has 0 fully saturated rings. The van der Waals surface area contributed by atoms with Gasteiger partial charge in [-0.1, -0.05) is 18.2 Å². The van der Waals surface area contributed by atoms with Gasteiger partial charge < -0.3 is 15.4 Å². The second kappa shape index (κ2) is 5.83. The van der Waals surface area contributed by atoms with E-state index >= 15 is 0 Å². The summed E-state index contributed by atoms with van der Waals surface area (Å²) in [6, 6.07) is 9.55. The second-order valence-electron chi connectivity index (χ2n) is 4.87. The van der Waals surface area contributed by atoms with Gasteiger partial charge in [0.1, 0.15) is 5.75 Å². The van der Waals surface area contributed by atoms with Crippen LogP contribution in [0.5, 0.6) is 5.75 Å². The lowest BCUT2D eigenvalue weighted by Crippen LogP contribution is -2.32. The van der Waals surface area contributed by atoms with E-state index in [1.165, 1.54) is 0 Å². The summed E-state index contributed by atoms with van der Waals surface area (Å²) in [6.07, 6.45) is 4.00. The predicted molar refractivity (Wildman–Crippen MR) is 80.5 cm³/mol. The van der Waals surface area contributed by atoms with Gasteiger partial charge in [-0.3, -0.25) is 9.78 Å². The van der Waals surface area contributed by atoms with Gasteiger partial charge in [-0.15, -0.1) is 0 Å². The van der Waals surface area contributed by atoms with Crippen molar-refractivity contribution in [3.05, 3.63) is 53.9 Å². The topological polar surface area (TPSA) is 63.2 Å². The van der Waals surface area contributed by atoms with Crippen LogP contribution in [0.15, 0.2) is 42.7 Å². The van der Waals surface area contributed by atoms with Gasteiger partial charge in [0.25, 0.3) is 5.91 Å². The molecule has 1 aromatic carbocycles. The minimum atomic E-state index is -0.130. The van der Waals surface area contributed by atoms with E-state index in [0.29, 0.717) is 12.2 Å². The molecule has 2 aromatic rings. The number of hydrogen-bond donors (Lipinski definition) is 2. The zero-order valence-corrected chi connectivity index (χ0v) is 11.8. The third kappa shape index (κ3) is 2.67. The van der Waals surface area contributed by atoms with Crippen molar-refractivity contribution < 1.29 is 9.53 Å². The minimum Gasteiger partial charge on any atom is -0.493 e. The number of fused-ring (bicyclic) bond motifs is 1. The Hall–Kier alpha value is -2.56. The molecule has 0 radical (unpaired) electrons. The molecule has 0 saturated heterocycles. The maximum Gasteiger partial charge on any atom is 0.255 e. The quantitative estimate of drug-likeness (QED) is 0.908. The standard InChI is InChI=1S/C16H17N3O2/c1-17-13-6-8-18-10-12(13)16(20)19-14-7-9-21-15-5-3-2-4-11(14)15/h2-6,8,10,14H,7,9H2,1H3,(H,17,18)(H,19,20). The highest BCUT2D eigenvalue weighted by Gasteiger charge is 2.23. The summed E-state index contributed by atoms with van der Waals surface area (Å²) < 4.78 is 5.61. The number of pyridine rings is 1. The van der Waals surface area contributed by atoms with Crippen LogP contribution < -0.4 is 15.4 Å². The van der Waals surface area contributed by atoms with Crippen LogP contribution in [-0.4, -0.2) is 24.5 Å². The number of para-hydroxylation sites is 1. The van der Waals surface area contributed by atoms with E-state index < -0.39 is 0 Å². The molecule has 1 atom stereocenters. The van der Waals surface area contributed by atoms with Crippen molar-refractivity contribution in [2.45, 2.75) is 12.5 Å². The lowest BCUT2D eigenvalue weighted by atomic mass is 10.00. The van der Waals surface area contributed by atoms with Crippen LogP contribution in [0.3, 0.4) is 0 Å². The summed E-state index contributed by atoms with van der Waals surface area (Å²) in [5, 5.41) is 6.07. The van der Waals surface area contributed by atoms with Gasteiger partial charge in [0.2, 0.25) is 0 Å². The van der Waals surface area contributed by atoms with Crippen LogP contribution in [-0.2, 0) is 0 Å². The van der Waals surface area contributed by atoms with Crippen molar-refractivity contribution in [1.29, 1.82) is 0 Å². The SMILES string of the molecule is CNc1ccncc1C(=O)NC1CCOc2ccccc21. The molecule has 1 unspecified atom stereocenters. The number of anilines is 1. The fourth-order valence-electron chi connectivity index (χ4n) is 2.52. The fourth-order valence-corrected chi connectivity index (χ4v) is 2.52. The van der Waals surface area contributed by atoms with Crippen LogP contribution >= 0.6 is 0 Å². The number of aromatic nitrogens is 1. The highest BCUT2D eigenvalue weighted by molar-refractivity contribution is 5.99. The Bertz CT molecular complexity index is 657. The monoisotopic (exact) mass is 283 g/mol. The number of nitrogens with one attached hydrogen (secondary N) is 2. The van der Waals surface area contributed by atoms with Crippen molar-refractivity contribution >= 4 is 11.6 Å². The lowest BCUT2D eigenvalue weighted by Gasteiger charge is -2.26. The molecule has 2 N–H and O–H groups in total. The Balaban J connectivity index is 1.83. The van der Waals surface area contributed by atoms with Crippen LogP contribution in [0.1, 0.15) is 28.4 Å². The molecule has 5 nitrogen and oxygen atoms in total. The molecule has 1 aromatic heterocycles. The second-order valence-corrected chi connectivity index (χ2v) is 4.87. The maximum atomic E-state index is 12.5. The number of carbonyl (C=O) groups is 1. The molecule has 21 heavy (non-hydrogen) atoms. The maximum absolute atomic E-state index is 12.5. The van der Waals surface area contributed by atoms with Crippen LogP contribution in [0.2, 0.25) is 0 Å². The number of benzene rings is 1. The molecule has 0 bridgehead atoms. The normalized spacial score (nSPS) is 16.5. The van der Waals surface area contributed by atoms with Gasteiger partial charge in [0.05, 0.1) is 18.2 Å². The van der Waals surface area contributed by atoms with E-state index in [1.54, 1.807) is 25.5 Å². The summed E-state index contributed by atoms with van der Waals surface area (Å²) in [5.41, 5.74) is 2.33. The Morgan fingerprint density at radius 1 is 1.33 bits per heavy atom. The summed E-state index contributed by atoms with van der Waals surface area (Å²) in [7, 11) is 1.79. The molecule has 2 heterocycles. The molecule has 3 rings (SSSR count). The van der Waals surface area contributed by atoms with Crippen molar-refractivity contribution in [2.24, 2.45) is 0 Å². The van der Waals surface area contributed by atoms with E-state index in [-0.39, 0.29) is 11.9 Å². The number of amides is 1. The molecule has 1 aliphatic heterocycles. The van der Waals surface area contributed by atoms with Gasteiger partial charge in [-0.2, -0.15) is 0 Å². The first kappa shape index (κ1) is 13.4. The molecule has 1 amide bonds. The molecule has 0 saturated carbocycles. The lowest BCUT2D eigenvalue weighted by molar-refractivity contribution is 0.0925. The van der Waals surface area contributed by atoms with E-state index in [9.17, 15) is 4.79 Å². The Morgan fingerprint density at radius 2 is 2.19 bits per heavy atom. The zero-order chi connectivity index (χ0) is 14.7. The van der Waals surface area contributed by atoms with Gasteiger partial charge in [0, 0.05) is 37.1 Å². The smallest absolute Gasteiger partial charge is 0.255 e. The van der Waals surface area contributed by atoms with Crippen molar-refractivity contribution in [2.75, 3.05) is 19.0 Å². The molecule has 0 aliphatic carbocycles. The fraction of sp³-hybridized carbons (Fsp3) is 0.250. The van der Waals surface area contributed by atoms with Gasteiger partial charge in [-0.05, 0) is 12.1 Å². The van der Waals surface area contributed by atoms with Crippen LogP contribution in [0.4, 0.5) is 5.69 Å². The van der Waals surface area contributed by atoms with E-state index in [4.69, 9.17) is 4.74 Å². The first-order valence-electron chi connectivity index (χ1n) is 6.94. The summed E-state index contributed by atoms with van der Waals surface area (Å²) >= 11 is 0. The third-order valence-electron chi connectivity index (χ3n) is 3.60. The molecular formula is C16H17N3O2. The highest BCUT2D eigenvalue weighted by Crippen LogP contribution is 2.31. The molecule has 0 spiro atoms. The number of hydrogen-bond acceptors (Lipinski definition) is 4. The first-order chi connectivity index (χ1) is 10.3. The summed E-state index contributed by atoms with van der Waals surface area (Å²) in [6.45, 7) is 0.605. The molecular weight excluding hydrogens is 266 g/mol. The average Bonchev–Trinajstić information content (AvgIpc) is 2.55. The largest absolute Gasteiger partial charge is 0.493 e. The van der Waals surface area contributed by atoms with Crippen molar-refractivity contribution in [3.63, 3.8) is 0 Å². The predicted octanol–water partition coefficient (Wildman–Crippen LogP) is 2.38. The molecule has 1 aliphatic rings. The van der Waals surface area contributed by atoms with Gasteiger partial charge in [0.15, 0.2) is 0 Å². The molecule has 5 heteroatoms. The molecule has 108 valence electrons. The average molecular weight is 283 g/mol. The zero-order valence-electron chi connectivity index (χ0n) is 11.8. The Labute approximate surface area is 123 Å². The van der Waals surface area contributed by atoms with E-state index in [1.807, 2.05) is 24.3 Å².